The zero-order valence-corrected chi connectivity index (χ0v) is 10.4. The van der Waals surface area contributed by atoms with E-state index in [9.17, 15) is 13.2 Å². The van der Waals surface area contributed by atoms with Gasteiger partial charge >= 0.3 is 0 Å². The summed E-state index contributed by atoms with van der Waals surface area (Å²) in [5, 5.41) is 0. The second-order valence-electron chi connectivity index (χ2n) is 4.22. The van der Waals surface area contributed by atoms with Crippen LogP contribution in [0.15, 0.2) is 30.3 Å². The lowest BCUT2D eigenvalue weighted by atomic mass is 10.2. The van der Waals surface area contributed by atoms with Crippen LogP contribution in [0.1, 0.15) is 0 Å². The molecule has 3 nitrogen and oxygen atoms in total. The van der Waals surface area contributed by atoms with Crippen molar-refractivity contribution in [2.75, 3.05) is 7.11 Å². The van der Waals surface area contributed by atoms with Crippen LogP contribution in [0.5, 0.6) is 5.75 Å². The number of nitrogens with zero attached hydrogens (tertiary/aromatic N) is 1. The summed E-state index contributed by atoms with van der Waals surface area (Å²) in [5.41, 5.74) is 1.21. The number of hydrogen-bond donors (Lipinski definition) is 1. The number of benzene rings is 2. The van der Waals surface area contributed by atoms with Crippen molar-refractivity contribution < 1.29 is 17.9 Å². The van der Waals surface area contributed by atoms with Gasteiger partial charge in [-0.1, -0.05) is 0 Å². The number of rotatable bonds is 2. The van der Waals surface area contributed by atoms with Gasteiger partial charge in [-0.25, -0.2) is 18.2 Å². The first-order valence-corrected chi connectivity index (χ1v) is 5.77. The number of methoxy groups -OCH3 is 1. The topological polar surface area (TPSA) is 37.9 Å². The molecular weight excluding hydrogens is 269 g/mol. The number of hydrogen-bond acceptors (Lipinski definition) is 2. The Morgan fingerprint density at radius 1 is 1.00 bits per heavy atom. The van der Waals surface area contributed by atoms with E-state index in [-0.39, 0.29) is 5.75 Å². The average molecular weight is 278 g/mol. The van der Waals surface area contributed by atoms with Gasteiger partial charge in [0, 0.05) is 17.7 Å². The van der Waals surface area contributed by atoms with Crippen LogP contribution < -0.4 is 4.74 Å². The third-order valence-corrected chi connectivity index (χ3v) is 2.95. The first-order chi connectivity index (χ1) is 9.58. The molecule has 20 heavy (non-hydrogen) atoms. The highest BCUT2D eigenvalue weighted by Gasteiger charge is 2.11. The molecule has 0 aliphatic carbocycles. The predicted molar refractivity (Wildman–Crippen MR) is 68.0 cm³/mol. The molecule has 0 saturated carbocycles. The van der Waals surface area contributed by atoms with Gasteiger partial charge in [-0.15, -0.1) is 0 Å². The largest absolute Gasteiger partial charge is 0.494 e. The second-order valence-corrected chi connectivity index (χ2v) is 4.22. The Balaban J connectivity index is 2.14. The van der Waals surface area contributed by atoms with Crippen LogP contribution in [0.3, 0.4) is 0 Å². The zero-order chi connectivity index (χ0) is 14.3. The van der Waals surface area contributed by atoms with Gasteiger partial charge < -0.3 is 9.72 Å². The van der Waals surface area contributed by atoms with Crippen LogP contribution in [0.2, 0.25) is 0 Å². The number of nitrogens with one attached hydrogen (secondary N) is 1. The van der Waals surface area contributed by atoms with E-state index in [1.165, 1.54) is 25.3 Å². The molecule has 0 aliphatic heterocycles. The molecule has 1 N–H and O–H groups in total. The van der Waals surface area contributed by atoms with E-state index in [4.69, 9.17) is 4.74 Å². The summed E-state index contributed by atoms with van der Waals surface area (Å²) < 4.78 is 44.5. The maximum absolute atomic E-state index is 13.3. The minimum Gasteiger partial charge on any atom is -0.494 e. The van der Waals surface area contributed by atoms with Crippen molar-refractivity contribution in [1.82, 2.24) is 9.97 Å². The van der Waals surface area contributed by atoms with Gasteiger partial charge in [0.2, 0.25) is 0 Å². The Labute approximate surface area is 112 Å². The fourth-order valence-corrected chi connectivity index (χ4v) is 1.95. The minimum absolute atomic E-state index is 0.0697. The molecule has 6 heteroatoms. The fourth-order valence-electron chi connectivity index (χ4n) is 1.95. The normalized spacial score (nSPS) is 11.0. The highest BCUT2D eigenvalue weighted by atomic mass is 19.2. The van der Waals surface area contributed by atoms with E-state index in [1.807, 2.05) is 0 Å². The molecule has 1 heterocycles. The standard InChI is InChI=1S/C14H9F3N2O/c1-20-13-4-7(2-3-8(13)15)14-18-11-5-9(16)10(17)6-12(11)19-14/h2-6H,1H3,(H,18,19). The molecule has 3 rings (SSSR count). The Morgan fingerprint density at radius 3 is 2.50 bits per heavy atom. The number of aromatic amines is 1. The lowest BCUT2D eigenvalue weighted by Gasteiger charge is -2.03. The lowest BCUT2D eigenvalue weighted by molar-refractivity contribution is 0.387. The van der Waals surface area contributed by atoms with Crippen LogP contribution in [0, 0.1) is 17.5 Å². The van der Waals surface area contributed by atoms with Gasteiger partial charge in [0.1, 0.15) is 5.82 Å². The van der Waals surface area contributed by atoms with E-state index in [0.717, 1.165) is 12.1 Å². The number of ether oxygens (including phenoxy) is 1. The van der Waals surface area contributed by atoms with Crippen molar-refractivity contribution in [3.8, 4) is 17.1 Å². The Bertz CT molecular complexity index is 759. The molecule has 0 saturated heterocycles. The zero-order valence-electron chi connectivity index (χ0n) is 10.4. The number of imidazole rings is 1. The molecule has 3 aromatic rings. The van der Waals surface area contributed by atoms with Crippen LogP contribution in [0.4, 0.5) is 13.2 Å². The van der Waals surface area contributed by atoms with E-state index in [2.05, 4.69) is 9.97 Å². The van der Waals surface area contributed by atoms with Crippen molar-refractivity contribution in [2.45, 2.75) is 0 Å². The SMILES string of the molecule is COc1cc(-c2nc3cc(F)c(F)cc3[nH]2)ccc1F. The van der Waals surface area contributed by atoms with E-state index < -0.39 is 17.5 Å². The Kier molecular flexibility index (Phi) is 2.85. The number of fused-ring (bicyclic) bond motifs is 1. The Morgan fingerprint density at radius 2 is 1.75 bits per heavy atom. The molecule has 0 atom stereocenters. The van der Waals surface area contributed by atoms with Gasteiger partial charge in [-0.05, 0) is 18.2 Å². The summed E-state index contributed by atoms with van der Waals surface area (Å²) in [6, 6.07) is 6.23. The summed E-state index contributed by atoms with van der Waals surface area (Å²) in [7, 11) is 1.35. The average Bonchev–Trinajstić information content (AvgIpc) is 2.82. The first-order valence-electron chi connectivity index (χ1n) is 5.77. The van der Waals surface area contributed by atoms with Crippen molar-refractivity contribution in [3.63, 3.8) is 0 Å². The summed E-state index contributed by atoms with van der Waals surface area (Å²) in [5.74, 6) is -1.97. The molecule has 102 valence electrons. The van der Waals surface area contributed by atoms with E-state index in [1.54, 1.807) is 0 Å². The molecule has 1 aromatic heterocycles. The number of H-pyrrole nitrogens is 1. The van der Waals surface area contributed by atoms with E-state index in [0.29, 0.717) is 22.4 Å². The summed E-state index contributed by atoms with van der Waals surface area (Å²) in [6.07, 6.45) is 0. The lowest BCUT2D eigenvalue weighted by Crippen LogP contribution is -1.89. The minimum atomic E-state index is -0.966. The van der Waals surface area contributed by atoms with Gasteiger partial charge in [0.05, 0.1) is 18.1 Å². The molecule has 2 aromatic carbocycles. The maximum Gasteiger partial charge on any atom is 0.165 e. The summed E-state index contributed by atoms with van der Waals surface area (Å²) >= 11 is 0. The molecule has 0 aliphatic rings. The molecule has 0 amide bonds. The summed E-state index contributed by atoms with van der Waals surface area (Å²) in [4.78, 5) is 7.00. The van der Waals surface area contributed by atoms with Crippen LogP contribution in [-0.2, 0) is 0 Å². The molecule has 0 bridgehead atoms. The van der Waals surface area contributed by atoms with Crippen molar-refractivity contribution in [3.05, 3.63) is 47.8 Å². The predicted octanol–water partition coefficient (Wildman–Crippen LogP) is 3.66. The summed E-state index contributed by atoms with van der Waals surface area (Å²) in [6.45, 7) is 0. The first kappa shape index (κ1) is 12.5. The highest BCUT2D eigenvalue weighted by molar-refractivity contribution is 5.79. The van der Waals surface area contributed by atoms with E-state index >= 15 is 0 Å². The molecular formula is C14H9F3N2O. The van der Waals surface area contributed by atoms with Crippen molar-refractivity contribution in [2.24, 2.45) is 0 Å². The van der Waals surface area contributed by atoms with Crippen LogP contribution >= 0.6 is 0 Å². The quantitative estimate of drug-likeness (QED) is 0.777. The number of aromatic nitrogens is 2. The Hall–Kier alpha value is -2.50. The monoisotopic (exact) mass is 278 g/mol. The number of halogens is 3. The third kappa shape index (κ3) is 1.99. The van der Waals surface area contributed by atoms with Crippen molar-refractivity contribution >= 4 is 11.0 Å². The van der Waals surface area contributed by atoms with Gasteiger partial charge in [0.15, 0.2) is 23.2 Å². The maximum atomic E-state index is 13.3. The van der Waals surface area contributed by atoms with Gasteiger partial charge in [-0.2, -0.15) is 0 Å². The fraction of sp³-hybridized carbons (Fsp3) is 0.0714. The molecule has 0 unspecified atom stereocenters. The van der Waals surface area contributed by atoms with Gasteiger partial charge in [0.25, 0.3) is 0 Å². The molecule has 0 spiro atoms. The van der Waals surface area contributed by atoms with Crippen molar-refractivity contribution in [1.29, 1.82) is 0 Å². The molecule has 0 fully saturated rings. The van der Waals surface area contributed by atoms with Gasteiger partial charge in [-0.3, -0.25) is 0 Å². The second kappa shape index (κ2) is 4.56. The van der Waals surface area contributed by atoms with Crippen LogP contribution in [0.25, 0.3) is 22.4 Å². The highest BCUT2D eigenvalue weighted by Crippen LogP contribution is 2.26. The third-order valence-electron chi connectivity index (χ3n) is 2.95. The van der Waals surface area contributed by atoms with Crippen LogP contribution in [-0.4, -0.2) is 17.1 Å². The molecule has 0 radical (unpaired) electrons. The smallest absolute Gasteiger partial charge is 0.165 e.